The average molecular weight is 341 g/mol. The average Bonchev–Trinajstić information content (AvgIpc) is 2.62. The first-order valence-corrected chi connectivity index (χ1v) is 8.51. The Balaban J connectivity index is 1.68. The zero-order valence-corrected chi connectivity index (χ0v) is 14.8. The van der Waals surface area contributed by atoms with E-state index in [2.05, 4.69) is 5.32 Å². The first-order chi connectivity index (χ1) is 12.1. The quantitative estimate of drug-likeness (QED) is 0.897. The van der Waals surface area contributed by atoms with Crippen molar-refractivity contribution in [3.63, 3.8) is 0 Å². The van der Waals surface area contributed by atoms with Crippen molar-refractivity contribution in [3.8, 4) is 17.2 Å². The third kappa shape index (κ3) is 4.05. The summed E-state index contributed by atoms with van der Waals surface area (Å²) in [7, 11) is 0. The van der Waals surface area contributed by atoms with Gasteiger partial charge in [-0.05, 0) is 55.7 Å². The molecule has 1 aliphatic rings. The summed E-state index contributed by atoms with van der Waals surface area (Å²) in [6.45, 7) is 7.05. The topological polar surface area (TPSA) is 56.8 Å². The van der Waals surface area contributed by atoms with E-state index in [-0.39, 0.29) is 5.91 Å². The maximum atomic E-state index is 12.6. The first-order valence-electron chi connectivity index (χ1n) is 8.51. The SMILES string of the molecule is CC[C@@H](Oc1ccc(C)c(C)c1)C(=O)Nc1ccc2c(c1)OCCO2. The van der Waals surface area contributed by atoms with E-state index in [0.717, 1.165) is 5.56 Å². The molecule has 5 heteroatoms. The molecule has 3 rings (SSSR count). The normalized spacial score (nSPS) is 13.9. The van der Waals surface area contributed by atoms with Crippen molar-refractivity contribution in [2.24, 2.45) is 0 Å². The van der Waals surface area contributed by atoms with E-state index in [1.807, 2.05) is 39.0 Å². The maximum absolute atomic E-state index is 12.6. The fraction of sp³-hybridized carbons (Fsp3) is 0.350. The van der Waals surface area contributed by atoms with Crippen LogP contribution in [0.15, 0.2) is 36.4 Å². The Morgan fingerprint density at radius 3 is 2.56 bits per heavy atom. The van der Waals surface area contributed by atoms with Crippen LogP contribution < -0.4 is 19.5 Å². The van der Waals surface area contributed by atoms with Crippen LogP contribution in [0.3, 0.4) is 0 Å². The molecule has 0 aromatic heterocycles. The summed E-state index contributed by atoms with van der Waals surface area (Å²) >= 11 is 0. The van der Waals surface area contributed by atoms with E-state index in [0.29, 0.717) is 42.6 Å². The minimum absolute atomic E-state index is 0.183. The molecule has 0 radical (unpaired) electrons. The molecule has 0 unspecified atom stereocenters. The molecule has 1 N–H and O–H groups in total. The van der Waals surface area contributed by atoms with Crippen molar-refractivity contribution in [1.82, 2.24) is 0 Å². The van der Waals surface area contributed by atoms with E-state index in [1.165, 1.54) is 5.56 Å². The van der Waals surface area contributed by atoms with Gasteiger partial charge in [0, 0.05) is 11.8 Å². The Kier molecular flexibility index (Phi) is 5.12. The summed E-state index contributed by atoms with van der Waals surface area (Å²) in [5, 5.41) is 2.89. The number of rotatable bonds is 5. The predicted octanol–water partition coefficient (Wildman–Crippen LogP) is 3.87. The van der Waals surface area contributed by atoms with Crippen molar-refractivity contribution in [2.75, 3.05) is 18.5 Å². The fourth-order valence-corrected chi connectivity index (χ4v) is 2.62. The molecule has 1 heterocycles. The molecule has 1 aliphatic heterocycles. The van der Waals surface area contributed by atoms with Gasteiger partial charge >= 0.3 is 0 Å². The number of fused-ring (bicyclic) bond motifs is 1. The molecule has 0 saturated carbocycles. The van der Waals surface area contributed by atoms with Crippen molar-refractivity contribution in [3.05, 3.63) is 47.5 Å². The van der Waals surface area contributed by atoms with Crippen LogP contribution in [0.4, 0.5) is 5.69 Å². The van der Waals surface area contributed by atoms with Gasteiger partial charge in [0.1, 0.15) is 19.0 Å². The second-order valence-corrected chi connectivity index (χ2v) is 6.11. The van der Waals surface area contributed by atoms with Crippen LogP contribution in [-0.4, -0.2) is 25.2 Å². The molecule has 25 heavy (non-hydrogen) atoms. The highest BCUT2D eigenvalue weighted by Gasteiger charge is 2.20. The largest absolute Gasteiger partial charge is 0.486 e. The van der Waals surface area contributed by atoms with E-state index in [4.69, 9.17) is 14.2 Å². The van der Waals surface area contributed by atoms with E-state index in [1.54, 1.807) is 18.2 Å². The highest BCUT2D eigenvalue weighted by atomic mass is 16.6. The zero-order valence-electron chi connectivity index (χ0n) is 14.8. The summed E-state index contributed by atoms with van der Waals surface area (Å²) < 4.78 is 16.9. The van der Waals surface area contributed by atoms with Crippen LogP contribution in [0.2, 0.25) is 0 Å². The van der Waals surface area contributed by atoms with Gasteiger partial charge in [-0.1, -0.05) is 13.0 Å². The lowest BCUT2D eigenvalue weighted by molar-refractivity contribution is -0.122. The Hall–Kier alpha value is -2.69. The maximum Gasteiger partial charge on any atom is 0.265 e. The van der Waals surface area contributed by atoms with Gasteiger partial charge in [-0.2, -0.15) is 0 Å². The summed E-state index contributed by atoms with van der Waals surface area (Å²) in [4.78, 5) is 12.6. The molecule has 0 aliphatic carbocycles. The Morgan fingerprint density at radius 2 is 1.84 bits per heavy atom. The van der Waals surface area contributed by atoms with E-state index in [9.17, 15) is 4.79 Å². The number of carbonyl (C=O) groups excluding carboxylic acids is 1. The number of nitrogens with one attached hydrogen (secondary N) is 1. The minimum atomic E-state index is -0.560. The second kappa shape index (κ2) is 7.47. The summed E-state index contributed by atoms with van der Waals surface area (Å²) in [5.41, 5.74) is 3.00. The number of benzene rings is 2. The molecule has 2 aromatic carbocycles. The number of anilines is 1. The third-order valence-electron chi connectivity index (χ3n) is 4.23. The second-order valence-electron chi connectivity index (χ2n) is 6.11. The number of hydrogen-bond donors (Lipinski definition) is 1. The van der Waals surface area contributed by atoms with Crippen LogP contribution in [0.25, 0.3) is 0 Å². The van der Waals surface area contributed by atoms with Crippen LogP contribution in [-0.2, 0) is 4.79 Å². The molecule has 1 atom stereocenters. The van der Waals surface area contributed by atoms with Crippen molar-refractivity contribution >= 4 is 11.6 Å². The van der Waals surface area contributed by atoms with Gasteiger partial charge in [-0.15, -0.1) is 0 Å². The summed E-state index contributed by atoms with van der Waals surface area (Å²) in [6.07, 6.45) is 0.0128. The van der Waals surface area contributed by atoms with E-state index < -0.39 is 6.10 Å². The lowest BCUT2D eigenvalue weighted by atomic mass is 10.1. The molecular weight excluding hydrogens is 318 g/mol. The molecule has 1 amide bonds. The standard InChI is InChI=1S/C20H23NO4/c1-4-17(25-16-7-5-13(2)14(3)11-16)20(22)21-15-6-8-18-19(12-15)24-10-9-23-18/h5-8,11-12,17H,4,9-10H2,1-3H3,(H,21,22)/t17-/m1/s1. The van der Waals surface area contributed by atoms with Gasteiger partial charge in [0.05, 0.1) is 0 Å². The monoisotopic (exact) mass is 341 g/mol. The number of hydrogen-bond acceptors (Lipinski definition) is 4. The van der Waals surface area contributed by atoms with Gasteiger partial charge in [0.25, 0.3) is 5.91 Å². The van der Waals surface area contributed by atoms with Crippen molar-refractivity contribution in [2.45, 2.75) is 33.3 Å². The Labute approximate surface area is 147 Å². The van der Waals surface area contributed by atoms with Crippen LogP contribution >= 0.6 is 0 Å². The molecule has 5 nitrogen and oxygen atoms in total. The van der Waals surface area contributed by atoms with Crippen LogP contribution in [0.1, 0.15) is 24.5 Å². The number of aryl methyl sites for hydroxylation is 2. The lowest BCUT2D eigenvalue weighted by Gasteiger charge is -2.20. The fourth-order valence-electron chi connectivity index (χ4n) is 2.62. The van der Waals surface area contributed by atoms with Gasteiger partial charge < -0.3 is 19.5 Å². The number of ether oxygens (including phenoxy) is 3. The molecule has 2 aromatic rings. The van der Waals surface area contributed by atoms with Crippen LogP contribution in [0, 0.1) is 13.8 Å². The number of amides is 1. The van der Waals surface area contributed by atoms with Gasteiger partial charge in [-0.3, -0.25) is 4.79 Å². The predicted molar refractivity (Wildman–Crippen MR) is 96.7 cm³/mol. The van der Waals surface area contributed by atoms with E-state index >= 15 is 0 Å². The van der Waals surface area contributed by atoms with Crippen molar-refractivity contribution in [1.29, 1.82) is 0 Å². The molecule has 0 fully saturated rings. The molecule has 0 saturated heterocycles. The highest BCUT2D eigenvalue weighted by molar-refractivity contribution is 5.94. The smallest absolute Gasteiger partial charge is 0.265 e. The summed E-state index contributed by atoms with van der Waals surface area (Å²) in [6, 6.07) is 11.2. The zero-order chi connectivity index (χ0) is 17.8. The lowest BCUT2D eigenvalue weighted by Crippen LogP contribution is -2.32. The molecule has 0 bridgehead atoms. The number of carbonyl (C=O) groups is 1. The summed E-state index contributed by atoms with van der Waals surface area (Å²) in [5.74, 6) is 1.86. The van der Waals surface area contributed by atoms with Gasteiger partial charge in [0.2, 0.25) is 0 Å². The molecule has 0 spiro atoms. The minimum Gasteiger partial charge on any atom is -0.486 e. The Morgan fingerprint density at radius 1 is 1.08 bits per heavy atom. The first kappa shape index (κ1) is 17.1. The molecule has 132 valence electrons. The van der Waals surface area contributed by atoms with Gasteiger partial charge in [0.15, 0.2) is 17.6 Å². The van der Waals surface area contributed by atoms with Crippen LogP contribution in [0.5, 0.6) is 17.2 Å². The van der Waals surface area contributed by atoms with Crippen molar-refractivity contribution < 1.29 is 19.0 Å². The molecular formula is C20H23NO4. The highest BCUT2D eigenvalue weighted by Crippen LogP contribution is 2.32. The Bertz CT molecular complexity index is 772. The third-order valence-corrected chi connectivity index (χ3v) is 4.23. The van der Waals surface area contributed by atoms with Gasteiger partial charge in [-0.25, -0.2) is 0 Å².